The maximum atomic E-state index is 11.8. The van der Waals surface area contributed by atoms with Gasteiger partial charge in [-0.15, -0.1) is 0 Å². The number of aliphatic carboxylic acids is 1. The highest BCUT2D eigenvalue weighted by Crippen LogP contribution is 2.11. The predicted octanol–water partition coefficient (Wildman–Crippen LogP) is 0.289. The van der Waals surface area contributed by atoms with Crippen molar-refractivity contribution in [1.82, 2.24) is 10.6 Å². The molecular formula is C14H20N2O4. The number of carbonyl (C=O) groups excluding carboxylic acids is 1. The molecule has 110 valence electrons. The van der Waals surface area contributed by atoms with E-state index in [0.717, 1.165) is 5.56 Å². The molecule has 4 N–H and O–H groups in total. The van der Waals surface area contributed by atoms with Crippen molar-refractivity contribution >= 4 is 11.9 Å². The van der Waals surface area contributed by atoms with Gasteiger partial charge in [-0.2, -0.15) is 0 Å². The Kier molecular flexibility index (Phi) is 6.69. The lowest BCUT2D eigenvalue weighted by Gasteiger charge is -2.17. The monoisotopic (exact) mass is 280 g/mol. The summed E-state index contributed by atoms with van der Waals surface area (Å²) in [6, 6.07) is 8.24. The largest absolute Gasteiger partial charge is 0.480 e. The minimum atomic E-state index is -1.11. The van der Waals surface area contributed by atoms with Crippen molar-refractivity contribution < 1.29 is 19.8 Å². The molecule has 0 fully saturated rings. The fourth-order valence-electron chi connectivity index (χ4n) is 1.80. The van der Waals surface area contributed by atoms with Crippen LogP contribution in [0.25, 0.3) is 0 Å². The number of rotatable bonds is 8. The molecule has 0 heterocycles. The fourth-order valence-corrected chi connectivity index (χ4v) is 1.80. The standard InChI is InChI=1S/C14H20N2O4/c1-10(11-5-3-2-4-6-11)16-13(18)9-12(14(19)20)15-7-8-17/h2-6,10,12,15,17H,7-9H2,1H3,(H,16,18)(H,19,20)/t10-,12-/m0/s1. The number of carboxylic acid groups (broad SMARTS) is 1. The summed E-state index contributed by atoms with van der Waals surface area (Å²) in [6.07, 6.45) is -0.174. The first-order chi connectivity index (χ1) is 9.54. The molecule has 6 nitrogen and oxygen atoms in total. The first-order valence-electron chi connectivity index (χ1n) is 6.46. The summed E-state index contributed by atoms with van der Waals surface area (Å²) >= 11 is 0. The maximum Gasteiger partial charge on any atom is 0.321 e. The van der Waals surface area contributed by atoms with Gasteiger partial charge in [-0.05, 0) is 12.5 Å². The first-order valence-corrected chi connectivity index (χ1v) is 6.46. The third kappa shape index (κ3) is 5.38. The Hall–Kier alpha value is -1.92. The Bertz CT molecular complexity index is 436. The maximum absolute atomic E-state index is 11.8. The van der Waals surface area contributed by atoms with Gasteiger partial charge < -0.3 is 20.8 Å². The van der Waals surface area contributed by atoms with Crippen LogP contribution in [0.3, 0.4) is 0 Å². The highest BCUT2D eigenvalue weighted by Gasteiger charge is 2.21. The zero-order chi connectivity index (χ0) is 15.0. The quantitative estimate of drug-likeness (QED) is 0.548. The van der Waals surface area contributed by atoms with E-state index in [1.54, 1.807) is 0 Å². The molecular weight excluding hydrogens is 260 g/mol. The van der Waals surface area contributed by atoms with Gasteiger partial charge in [0.1, 0.15) is 6.04 Å². The van der Waals surface area contributed by atoms with Crippen molar-refractivity contribution in [2.75, 3.05) is 13.2 Å². The van der Waals surface area contributed by atoms with Gasteiger partial charge in [0.2, 0.25) is 5.91 Å². The van der Waals surface area contributed by atoms with Gasteiger partial charge in [-0.1, -0.05) is 30.3 Å². The molecule has 0 aliphatic carbocycles. The van der Waals surface area contributed by atoms with Crippen LogP contribution in [-0.4, -0.2) is 41.3 Å². The van der Waals surface area contributed by atoms with Crippen molar-refractivity contribution in [2.24, 2.45) is 0 Å². The number of nitrogens with one attached hydrogen (secondary N) is 2. The van der Waals surface area contributed by atoms with Crippen LogP contribution >= 0.6 is 0 Å². The summed E-state index contributed by atoms with van der Waals surface area (Å²) in [5.41, 5.74) is 0.955. The van der Waals surface area contributed by atoms with Gasteiger partial charge in [0, 0.05) is 6.54 Å². The van der Waals surface area contributed by atoms with E-state index in [2.05, 4.69) is 10.6 Å². The van der Waals surface area contributed by atoms with Crippen LogP contribution in [0.2, 0.25) is 0 Å². The Balaban J connectivity index is 2.51. The molecule has 0 aromatic heterocycles. The number of hydrogen-bond acceptors (Lipinski definition) is 4. The lowest BCUT2D eigenvalue weighted by atomic mass is 10.1. The zero-order valence-electron chi connectivity index (χ0n) is 11.4. The van der Waals surface area contributed by atoms with Crippen molar-refractivity contribution in [3.63, 3.8) is 0 Å². The molecule has 6 heteroatoms. The van der Waals surface area contributed by atoms with E-state index in [1.807, 2.05) is 37.3 Å². The van der Waals surface area contributed by atoms with Gasteiger partial charge in [-0.25, -0.2) is 0 Å². The molecule has 2 atom stereocenters. The molecule has 0 saturated heterocycles. The van der Waals surface area contributed by atoms with Crippen LogP contribution in [0, 0.1) is 0 Å². The van der Waals surface area contributed by atoms with E-state index in [1.165, 1.54) is 0 Å². The van der Waals surface area contributed by atoms with Gasteiger partial charge in [0.15, 0.2) is 0 Å². The van der Waals surface area contributed by atoms with Crippen LogP contribution < -0.4 is 10.6 Å². The molecule has 0 aliphatic heterocycles. The number of hydrogen-bond donors (Lipinski definition) is 4. The average molecular weight is 280 g/mol. The summed E-state index contributed by atoms with van der Waals surface area (Å²) in [6.45, 7) is 1.80. The summed E-state index contributed by atoms with van der Waals surface area (Å²) in [4.78, 5) is 22.8. The molecule has 0 bridgehead atoms. The first kappa shape index (κ1) is 16.1. The van der Waals surface area contributed by atoms with Crippen molar-refractivity contribution in [2.45, 2.75) is 25.4 Å². The van der Waals surface area contributed by atoms with Crippen LogP contribution in [0.5, 0.6) is 0 Å². The molecule has 0 unspecified atom stereocenters. The van der Waals surface area contributed by atoms with E-state index in [9.17, 15) is 9.59 Å². The van der Waals surface area contributed by atoms with Crippen molar-refractivity contribution in [1.29, 1.82) is 0 Å². The average Bonchev–Trinajstić information content (AvgIpc) is 2.44. The summed E-state index contributed by atoms with van der Waals surface area (Å²) < 4.78 is 0. The molecule has 1 amide bonds. The number of carbonyl (C=O) groups is 2. The second kappa shape index (κ2) is 8.29. The Morgan fingerprint density at radius 3 is 2.45 bits per heavy atom. The lowest BCUT2D eigenvalue weighted by molar-refractivity contribution is -0.141. The van der Waals surface area contributed by atoms with Gasteiger partial charge >= 0.3 is 5.97 Å². The molecule has 1 rings (SSSR count). The summed E-state index contributed by atoms with van der Waals surface area (Å²) in [5.74, 6) is -1.46. The number of benzene rings is 1. The Morgan fingerprint density at radius 2 is 1.90 bits per heavy atom. The smallest absolute Gasteiger partial charge is 0.321 e. The molecule has 0 aliphatic rings. The summed E-state index contributed by atoms with van der Waals surface area (Å²) in [7, 11) is 0. The van der Waals surface area contributed by atoms with Crippen LogP contribution in [0.4, 0.5) is 0 Å². The minimum Gasteiger partial charge on any atom is -0.480 e. The molecule has 1 aromatic carbocycles. The number of aliphatic hydroxyl groups is 1. The zero-order valence-corrected chi connectivity index (χ0v) is 11.4. The van der Waals surface area contributed by atoms with E-state index < -0.39 is 12.0 Å². The van der Waals surface area contributed by atoms with E-state index in [-0.39, 0.29) is 31.5 Å². The lowest BCUT2D eigenvalue weighted by Crippen LogP contribution is -2.42. The Morgan fingerprint density at radius 1 is 1.25 bits per heavy atom. The molecule has 1 aromatic rings. The minimum absolute atomic E-state index is 0.137. The Labute approximate surface area is 117 Å². The topological polar surface area (TPSA) is 98.7 Å². The second-order valence-electron chi connectivity index (χ2n) is 4.47. The van der Waals surface area contributed by atoms with Gasteiger partial charge in [-0.3, -0.25) is 9.59 Å². The van der Waals surface area contributed by atoms with Gasteiger partial charge in [0.25, 0.3) is 0 Å². The van der Waals surface area contributed by atoms with Crippen molar-refractivity contribution in [3.05, 3.63) is 35.9 Å². The number of aliphatic hydroxyl groups excluding tert-OH is 1. The second-order valence-corrected chi connectivity index (χ2v) is 4.47. The van der Waals surface area contributed by atoms with Crippen LogP contribution in [0.1, 0.15) is 24.9 Å². The highest BCUT2D eigenvalue weighted by molar-refractivity contribution is 5.84. The van der Waals surface area contributed by atoms with E-state index >= 15 is 0 Å². The van der Waals surface area contributed by atoms with Gasteiger partial charge in [0.05, 0.1) is 19.1 Å². The SMILES string of the molecule is C[C@H](NC(=O)C[C@H](NCCO)C(=O)O)c1ccccc1. The normalized spacial score (nSPS) is 13.5. The fraction of sp³-hybridized carbons (Fsp3) is 0.429. The molecule has 20 heavy (non-hydrogen) atoms. The van der Waals surface area contributed by atoms with Crippen LogP contribution in [0.15, 0.2) is 30.3 Å². The third-order valence-electron chi connectivity index (χ3n) is 2.87. The van der Waals surface area contributed by atoms with E-state index in [0.29, 0.717) is 0 Å². The predicted molar refractivity (Wildman–Crippen MR) is 74.1 cm³/mol. The van der Waals surface area contributed by atoms with Crippen molar-refractivity contribution in [3.8, 4) is 0 Å². The van der Waals surface area contributed by atoms with E-state index in [4.69, 9.17) is 10.2 Å². The molecule has 0 spiro atoms. The third-order valence-corrected chi connectivity index (χ3v) is 2.87. The summed E-state index contributed by atoms with van der Waals surface area (Å²) in [5, 5.41) is 23.0. The number of carboxylic acids is 1. The highest BCUT2D eigenvalue weighted by atomic mass is 16.4. The molecule has 0 saturated carbocycles. The number of amides is 1. The van der Waals surface area contributed by atoms with Crippen LogP contribution in [-0.2, 0) is 9.59 Å². The molecule has 0 radical (unpaired) electrons.